The van der Waals surface area contributed by atoms with Crippen molar-refractivity contribution in [1.82, 2.24) is 19.9 Å². The van der Waals surface area contributed by atoms with E-state index in [9.17, 15) is 0 Å². The zero-order valence-electron chi connectivity index (χ0n) is 12.7. The van der Waals surface area contributed by atoms with Crippen LogP contribution in [0.2, 0.25) is 0 Å². The minimum atomic E-state index is 0.300. The first-order valence-corrected chi connectivity index (χ1v) is 7.34. The van der Waals surface area contributed by atoms with Crippen LogP contribution in [0.5, 0.6) is 0 Å². The highest BCUT2D eigenvalue weighted by molar-refractivity contribution is 5.43. The van der Waals surface area contributed by atoms with Crippen molar-refractivity contribution >= 4 is 17.8 Å². The van der Waals surface area contributed by atoms with Gasteiger partial charge in [-0.2, -0.15) is 15.0 Å². The average Bonchev–Trinajstić information content (AvgIpc) is 2.64. The van der Waals surface area contributed by atoms with Crippen molar-refractivity contribution in [3.8, 4) is 0 Å². The van der Waals surface area contributed by atoms with E-state index in [1.807, 2.05) is 0 Å². The number of nitrogens with two attached hydrogens (primary N) is 1. The van der Waals surface area contributed by atoms with Gasteiger partial charge in [0.15, 0.2) is 0 Å². The van der Waals surface area contributed by atoms with E-state index in [1.165, 1.54) is 0 Å². The lowest BCUT2D eigenvalue weighted by molar-refractivity contribution is 0.360. The number of anilines is 3. The van der Waals surface area contributed by atoms with Crippen LogP contribution >= 0.6 is 0 Å². The molecule has 1 saturated heterocycles. The highest BCUT2D eigenvalue weighted by Crippen LogP contribution is 2.16. The summed E-state index contributed by atoms with van der Waals surface area (Å²) >= 11 is 0. The molecule has 1 aliphatic rings. The molecule has 7 heteroatoms. The van der Waals surface area contributed by atoms with Crippen LogP contribution < -0.4 is 15.5 Å². The van der Waals surface area contributed by atoms with Gasteiger partial charge in [0.05, 0.1) is 0 Å². The van der Waals surface area contributed by atoms with Gasteiger partial charge in [-0.15, -0.1) is 0 Å². The molecule has 0 radical (unpaired) electrons. The van der Waals surface area contributed by atoms with Gasteiger partial charge in [0.25, 0.3) is 0 Å². The van der Waals surface area contributed by atoms with Gasteiger partial charge in [0.2, 0.25) is 17.8 Å². The molecule has 0 aromatic carbocycles. The number of likely N-dealkylation sites (N-methyl/N-ethyl adjacent to an activating group) is 1. The molecule has 0 bridgehead atoms. The average molecular weight is 279 g/mol. The highest BCUT2D eigenvalue weighted by atomic mass is 15.4. The Morgan fingerprint density at radius 2 is 1.80 bits per heavy atom. The van der Waals surface area contributed by atoms with Gasteiger partial charge in [-0.25, -0.2) is 0 Å². The first-order chi connectivity index (χ1) is 9.63. The molecule has 1 aromatic rings. The number of aromatic nitrogens is 3. The lowest BCUT2D eigenvalue weighted by Gasteiger charge is -2.23. The Bertz CT molecular complexity index is 433. The summed E-state index contributed by atoms with van der Waals surface area (Å²) in [5.41, 5.74) is 5.85. The smallest absolute Gasteiger partial charge is 0.232 e. The zero-order chi connectivity index (χ0) is 14.5. The van der Waals surface area contributed by atoms with E-state index in [2.05, 4.69) is 50.5 Å². The molecule has 0 unspecified atom stereocenters. The summed E-state index contributed by atoms with van der Waals surface area (Å²) in [5.74, 6) is 1.68. The number of hydrogen-bond acceptors (Lipinski definition) is 7. The van der Waals surface area contributed by atoms with Crippen LogP contribution in [0.1, 0.15) is 20.3 Å². The van der Waals surface area contributed by atoms with Crippen LogP contribution in [0.15, 0.2) is 0 Å². The van der Waals surface area contributed by atoms with E-state index in [0.29, 0.717) is 17.8 Å². The van der Waals surface area contributed by atoms with Crippen LogP contribution in [-0.4, -0.2) is 66.2 Å². The fourth-order valence-electron chi connectivity index (χ4n) is 2.41. The Balaban J connectivity index is 2.22. The molecule has 2 heterocycles. The third kappa shape index (κ3) is 3.47. The van der Waals surface area contributed by atoms with Crippen molar-refractivity contribution in [3.63, 3.8) is 0 Å². The van der Waals surface area contributed by atoms with E-state index in [1.54, 1.807) is 0 Å². The maximum absolute atomic E-state index is 5.85. The summed E-state index contributed by atoms with van der Waals surface area (Å²) in [5, 5.41) is 0. The van der Waals surface area contributed by atoms with Gasteiger partial charge in [0.1, 0.15) is 0 Å². The molecule has 0 atom stereocenters. The van der Waals surface area contributed by atoms with Gasteiger partial charge in [-0.3, -0.25) is 0 Å². The standard InChI is InChI=1S/C13H25N7/c1-4-19(5-2)12-15-11(14)16-13(17-12)20-8-6-7-18(3)9-10-20/h4-10H2,1-3H3,(H2,14,15,16,17). The first-order valence-electron chi connectivity index (χ1n) is 7.34. The fourth-order valence-corrected chi connectivity index (χ4v) is 2.41. The van der Waals surface area contributed by atoms with Crippen molar-refractivity contribution in [2.24, 2.45) is 0 Å². The molecule has 7 nitrogen and oxygen atoms in total. The van der Waals surface area contributed by atoms with E-state index in [4.69, 9.17) is 5.73 Å². The second-order valence-corrected chi connectivity index (χ2v) is 5.11. The van der Waals surface area contributed by atoms with Crippen LogP contribution in [-0.2, 0) is 0 Å². The van der Waals surface area contributed by atoms with Gasteiger partial charge >= 0.3 is 0 Å². The van der Waals surface area contributed by atoms with Crippen LogP contribution in [0.25, 0.3) is 0 Å². The molecule has 1 aliphatic heterocycles. The maximum atomic E-state index is 5.85. The normalized spacial score (nSPS) is 17.1. The van der Waals surface area contributed by atoms with Gasteiger partial charge in [-0.05, 0) is 33.9 Å². The Morgan fingerprint density at radius 1 is 1.05 bits per heavy atom. The third-order valence-corrected chi connectivity index (χ3v) is 3.68. The maximum Gasteiger partial charge on any atom is 0.232 e. The molecule has 0 spiro atoms. The van der Waals surface area contributed by atoms with E-state index >= 15 is 0 Å². The molecule has 2 N–H and O–H groups in total. The summed E-state index contributed by atoms with van der Waals surface area (Å²) in [6, 6.07) is 0. The fraction of sp³-hybridized carbons (Fsp3) is 0.769. The minimum Gasteiger partial charge on any atom is -0.368 e. The van der Waals surface area contributed by atoms with E-state index in [0.717, 1.165) is 45.7 Å². The summed E-state index contributed by atoms with van der Waals surface area (Å²) in [4.78, 5) is 19.8. The van der Waals surface area contributed by atoms with Gasteiger partial charge in [-0.1, -0.05) is 0 Å². The Morgan fingerprint density at radius 3 is 2.50 bits per heavy atom. The van der Waals surface area contributed by atoms with Crippen molar-refractivity contribution in [2.75, 3.05) is 61.8 Å². The van der Waals surface area contributed by atoms with E-state index < -0.39 is 0 Å². The van der Waals surface area contributed by atoms with Crippen LogP contribution in [0, 0.1) is 0 Å². The molecule has 0 aliphatic carbocycles. The Kier molecular flexibility index (Phi) is 4.94. The molecular weight excluding hydrogens is 254 g/mol. The summed E-state index contributed by atoms with van der Waals surface area (Å²) in [6.07, 6.45) is 1.11. The number of nitrogens with zero attached hydrogens (tertiary/aromatic N) is 6. The molecule has 112 valence electrons. The summed E-state index contributed by atoms with van der Waals surface area (Å²) in [7, 11) is 2.15. The Labute approximate surface area is 120 Å². The zero-order valence-corrected chi connectivity index (χ0v) is 12.7. The third-order valence-electron chi connectivity index (χ3n) is 3.68. The summed E-state index contributed by atoms with van der Waals surface area (Å²) in [6.45, 7) is 9.92. The number of nitrogen functional groups attached to an aromatic ring is 1. The lowest BCUT2D eigenvalue weighted by Crippen LogP contribution is -2.32. The lowest BCUT2D eigenvalue weighted by atomic mass is 10.4. The van der Waals surface area contributed by atoms with Crippen LogP contribution in [0.4, 0.5) is 17.8 Å². The van der Waals surface area contributed by atoms with Crippen molar-refractivity contribution in [1.29, 1.82) is 0 Å². The SMILES string of the molecule is CCN(CC)c1nc(N)nc(N2CCCN(C)CC2)n1. The second-order valence-electron chi connectivity index (χ2n) is 5.11. The quantitative estimate of drug-likeness (QED) is 0.857. The van der Waals surface area contributed by atoms with Gasteiger partial charge in [0, 0.05) is 32.7 Å². The second kappa shape index (κ2) is 6.69. The molecule has 2 rings (SSSR count). The minimum absolute atomic E-state index is 0.300. The molecule has 20 heavy (non-hydrogen) atoms. The molecular formula is C13H25N7. The molecule has 0 saturated carbocycles. The Hall–Kier alpha value is -1.63. The van der Waals surface area contributed by atoms with Crippen molar-refractivity contribution in [3.05, 3.63) is 0 Å². The summed E-state index contributed by atoms with van der Waals surface area (Å²) < 4.78 is 0. The number of hydrogen-bond donors (Lipinski definition) is 1. The highest BCUT2D eigenvalue weighted by Gasteiger charge is 2.17. The topological polar surface area (TPSA) is 74.4 Å². The first kappa shape index (κ1) is 14.8. The van der Waals surface area contributed by atoms with Gasteiger partial charge < -0.3 is 20.4 Å². The van der Waals surface area contributed by atoms with Crippen molar-refractivity contribution in [2.45, 2.75) is 20.3 Å². The molecule has 1 fully saturated rings. The predicted molar refractivity (Wildman–Crippen MR) is 82.1 cm³/mol. The van der Waals surface area contributed by atoms with Crippen LogP contribution in [0.3, 0.4) is 0 Å². The number of rotatable bonds is 4. The van der Waals surface area contributed by atoms with Crippen molar-refractivity contribution < 1.29 is 0 Å². The van der Waals surface area contributed by atoms with E-state index in [-0.39, 0.29) is 0 Å². The predicted octanol–water partition coefficient (Wildman–Crippen LogP) is 0.442. The monoisotopic (exact) mass is 279 g/mol. The molecule has 1 aromatic heterocycles. The largest absolute Gasteiger partial charge is 0.368 e. The molecule has 0 amide bonds.